The molecule has 3 N–H and O–H groups in total. The molecule has 8 nitrogen and oxygen atoms in total. The zero-order chi connectivity index (χ0) is 21.8. The zero-order valence-electron chi connectivity index (χ0n) is 16.4. The Bertz CT molecular complexity index is 1050. The summed E-state index contributed by atoms with van der Waals surface area (Å²) in [6, 6.07) is 7.37. The number of rotatable bonds is 9. The first kappa shape index (κ1) is 22.2. The summed E-state index contributed by atoms with van der Waals surface area (Å²) in [5, 5.41) is 18.0. The van der Waals surface area contributed by atoms with Gasteiger partial charge in [0.1, 0.15) is 5.75 Å². The Kier molecular flexibility index (Phi) is 6.86. The Morgan fingerprint density at radius 3 is 2.31 bits per heavy atom. The van der Waals surface area contributed by atoms with Gasteiger partial charge >= 0.3 is 11.9 Å². The predicted molar refractivity (Wildman–Crippen MR) is 107 cm³/mol. The van der Waals surface area contributed by atoms with Gasteiger partial charge in [-0.05, 0) is 68.1 Å². The predicted octanol–water partition coefficient (Wildman–Crippen LogP) is 3.35. The number of hydrogen-bond donors (Lipinski definition) is 3. The van der Waals surface area contributed by atoms with E-state index in [0.717, 1.165) is 0 Å². The average Bonchev–Trinajstić information content (AvgIpc) is 2.61. The van der Waals surface area contributed by atoms with Crippen molar-refractivity contribution in [1.82, 2.24) is 0 Å². The molecule has 0 aromatic heterocycles. The van der Waals surface area contributed by atoms with Crippen molar-refractivity contribution >= 4 is 27.6 Å². The standard InChI is InChI=1S/C20H23NO7S/c1-12-9-14(3)19(16(10-12)20(24)25)21-29(26,27)15-6-7-17(13(2)11-15)28-8-4-5-18(22)23/h6-7,9-11,21H,4-5,8H2,1-3H3,(H,22,23)(H,24,25). The summed E-state index contributed by atoms with van der Waals surface area (Å²) >= 11 is 0. The lowest BCUT2D eigenvalue weighted by Crippen LogP contribution is -2.17. The number of carbonyl (C=O) groups is 2. The monoisotopic (exact) mass is 421 g/mol. The maximum atomic E-state index is 12.8. The van der Waals surface area contributed by atoms with Crippen molar-refractivity contribution in [2.45, 2.75) is 38.5 Å². The van der Waals surface area contributed by atoms with Crippen molar-refractivity contribution in [2.75, 3.05) is 11.3 Å². The molecule has 0 bridgehead atoms. The molecule has 0 fully saturated rings. The maximum Gasteiger partial charge on any atom is 0.337 e. The van der Waals surface area contributed by atoms with E-state index in [-0.39, 0.29) is 29.2 Å². The number of aromatic carboxylic acids is 1. The van der Waals surface area contributed by atoms with Gasteiger partial charge < -0.3 is 14.9 Å². The molecule has 2 aromatic carbocycles. The molecular weight excluding hydrogens is 398 g/mol. The Balaban J connectivity index is 2.25. The maximum absolute atomic E-state index is 12.8. The number of ether oxygens (including phenoxy) is 1. The summed E-state index contributed by atoms with van der Waals surface area (Å²) < 4.78 is 33.5. The summed E-state index contributed by atoms with van der Waals surface area (Å²) in [5.41, 5.74) is 1.67. The van der Waals surface area contributed by atoms with E-state index in [1.54, 1.807) is 26.8 Å². The van der Waals surface area contributed by atoms with Crippen LogP contribution in [0.25, 0.3) is 0 Å². The Morgan fingerprint density at radius 1 is 1.03 bits per heavy atom. The number of sulfonamides is 1. The van der Waals surface area contributed by atoms with Crippen molar-refractivity contribution in [3.05, 3.63) is 52.6 Å². The molecule has 0 aliphatic heterocycles. The van der Waals surface area contributed by atoms with Gasteiger partial charge in [0.25, 0.3) is 10.0 Å². The van der Waals surface area contributed by atoms with E-state index in [9.17, 15) is 23.1 Å². The highest BCUT2D eigenvalue weighted by atomic mass is 32.2. The van der Waals surface area contributed by atoms with E-state index < -0.39 is 22.0 Å². The Hall–Kier alpha value is -3.07. The van der Waals surface area contributed by atoms with Gasteiger partial charge in [-0.1, -0.05) is 6.07 Å². The molecule has 156 valence electrons. The lowest BCUT2D eigenvalue weighted by molar-refractivity contribution is -0.137. The number of benzene rings is 2. The quantitative estimate of drug-likeness (QED) is 0.529. The van der Waals surface area contributed by atoms with Gasteiger partial charge in [0, 0.05) is 6.42 Å². The molecule has 0 saturated heterocycles. The molecular formula is C20H23NO7S. The molecule has 0 spiro atoms. The van der Waals surface area contributed by atoms with Gasteiger partial charge in [-0.25, -0.2) is 13.2 Å². The van der Waals surface area contributed by atoms with E-state index in [1.165, 1.54) is 24.3 Å². The molecule has 2 rings (SSSR count). The molecule has 0 heterocycles. The van der Waals surface area contributed by atoms with Crippen LogP contribution in [0.3, 0.4) is 0 Å². The smallest absolute Gasteiger partial charge is 0.337 e. The number of aryl methyl sites for hydroxylation is 3. The lowest BCUT2D eigenvalue weighted by Gasteiger charge is -2.15. The van der Waals surface area contributed by atoms with Crippen LogP contribution in [0, 0.1) is 20.8 Å². The molecule has 29 heavy (non-hydrogen) atoms. The summed E-state index contributed by atoms with van der Waals surface area (Å²) in [6.07, 6.45) is 0.318. The highest BCUT2D eigenvalue weighted by Crippen LogP contribution is 2.28. The largest absolute Gasteiger partial charge is 0.493 e. The molecule has 9 heteroatoms. The first-order chi connectivity index (χ1) is 13.5. The van der Waals surface area contributed by atoms with E-state index in [1.807, 2.05) is 0 Å². The summed E-state index contributed by atoms with van der Waals surface area (Å²) in [4.78, 5) is 22.0. The van der Waals surface area contributed by atoms with Crippen LogP contribution in [0.2, 0.25) is 0 Å². The second-order valence-corrected chi connectivity index (χ2v) is 8.37. The van der Waals surface area contributed by atoms with Crippen molar-refractivity contribution < 1.29 is 33.0 Å². The van der Waals surface area contributed by atoms with Crippen molar-refractivity contribution in [3.8, 4) is 5.75 Å². The first-order valence-corrected chi connectivity index (χ1v) is 10.3. The van der Waals surface area contributed by atoms with Crippen LogP contribution < -0.4 is 9.46 Å². The Labute approximate surface area is 169 Å². The molecule has 0 aliphatic carbocycles. The Morgan fingerprint density at radius 2 is 1.72 bits per heavy atom. The van der Waals surface area contributed by atoms with Gasteiger partial charge in [-0.2, -0.15) is 0 Å². The van der Waals surface area contributed by atoms with Crippen molar-refractivity contribution in [3.63, 3.8) is 0 Å². The topological polar surface area (TPSA) is 130 Å². The molecule has 0 aliphatic rings. The molecule has 0 atom stereocenters. The minimum atomic E-state index is -4.03. The zero-order valence-corrected chi connectivity index (χ0v) is 17.2. The first-order valence-electron chi connectivity index (χ1n) is 8.84. The lowest BCUT2D eigenvalue weighted by atomic mass is 10.0. The van der Waals surface area contributed by atoms with E-state index in [4.69, 9.17) is 9.84 Å². The molecule has 2 aromatic rings. The summed E-state index contributed by atoms with van der Waals surface area (Å²) in [6.45, 7) is 5.24. The second kappa shape index (κ2) is 8.95. The van der Waals surface area contributed by atoms with Crippen LogP contribution in [0.15, 0.2) is 35.2 Å². The van der Waals surface area contributed by atoms with E-state index >= 15 is 0 Å². The van der Waals surface area contributed by atoms with Gasteiger partial charge in [-0.3, -0.25) is 9.52 Å². The fourth-order valence-electron chi connectivity index (χ4n) is 2.82. The third kappa shape index (κ3) is 5.71. The van der Waals surface area contributed by atoms with Gasteiger partial charge in [0.2, 0.25) is 0 Å². The summed E-state index contributed by atoms with van der Waals surface area (Å²) in [5.74, 6) is -1.69. The van der Waals surface area contributed by atoms with Crippen LogP contribution in [0.5, 0.6) is 5.75 Å². The van der Waals surface area contributed by atoms with Crippen LogP contribution in [0.1, 0.15) is 39.9 Å². The minimum absolute atomic E-state index is 0.0166. The number of hydrogen-bond acceptors (Lipinski definition) is 5. The second-order valence-electron chi connectivity index (χ2n) is 6.69. The van der Waals surface area contributed by atoms with Gasteiger partial charge in [0.05, 0.1) is 22.8 Å². The fraction of sp³-hybridized carbons (Fsp3) is 0.300. The van der Waals surface area contributed by atoms with Crippen LogP contribution in [-0.4, -0.2) is 37.2 Å². The van der Waals surface area contributed by atoms with Crippen LogP contribution >= 0.6 is 0 Å². The van der Waals surface area contributed by atoms with E-state index in [0.29, 0.717) is 28.9 Å². The van der Waals surface area contributed by atoms with Crippen LogP contribution in [-0.2, 0) is 14.8 Å². The normalized spacial score (nSPS) is 11.1. The number of nitrogens with one attached hydrogen (secondary N) is 1. The number of aliphatic carboxylic acids is 1. The van der Waals surface area contributed by atoms with Crippen molar-refractivity contribution in [2.24, 2.45) is 0 Å². The third-order valence-corrected chi connectivity index (χ3v) is 5.54. The highest BCUT2D eigenvalue weighted by Gasteiger charge is 2.21. The molecule has 0 unspecified atom stereocenters. The minimum Gasteiger partial charge on any atom is -0.493 e. The van der Waals surface area contributed by atoms with Gasteiger partial charge in [0.15, 0.2) is 0 Å². The summed E-state index contributed by atoms with van der Waals surface area (Å²) in [7, 11) is -4.03. The highest BCUT2D eigenvalue weighted by molar-refractivity contribution is 7.92. The molecule has 0 amide bonds. The molecule has 0 radical (unpaired) electrons. The van der Waals surface area contributed by atoms with Crippen LogP contribution in [0.4, 0.5) is 5.69 Å². The average molecular weight is 421 g/mol. The number of anilines is 1. The van der Waals surface area contributed by atoms with Gasteiger partial charge in [-0.15, -0.1) is 0 Å². The third-order valence-electron chi connectivity index (χ3n) is 4.20. The van der Waals surface area contributed by atoms with Crippen molar-refractivity contribution in [1.29, 1.82) is 0 Å². The SMILES string of the molecule is Cc1cc(C)c(NS(=O)(=O)c2ccc(OCCCC(=O)O)c(C)c2)c(C(=O)O)c1. The number of carboxylic acid groups (broad SMARTS) is 2. The molecule has 0 saturated carbocycles. The van der Waals surface area contributed by atoms with E-state index in [2.05, 4.69) is 4.72 Å². The number of carboxylic acids is 2. The fourth-order valence-corrected chi connectivity index (χ4v) is 4.06.